The first-order chi connectivity index (χ1) is 7.66. The van der Waals surface area contributed by atoms with Gasteiger partial charge in [-0.05, 0) is 23.6 Å². The molecule has 2 nitrogen and oxygen atoms in total. The van der Waals surface area contributed by atoms with Gasteiger partial charge in [0, 0.05) is 18.9 Å². The highest BCUT2D eigenvalue weighted by Gasteiger charge is 2.25. The summed E-state index contributed by atoms with van der Waals surface area (Å²) in [5.74, 6) is -1.14. The zero-order valence-corrected chi connectivity index (χ0v) is 10.1. The fraction of sp³-hybridized carbons (Fsp3) is 0.500. The van der Waals surface area contributed by atoms with Crippen molar-refractivity contribution in [3.8, 4) is 0 Å². The maximum absolute atomic E-state index is 13.0. The Balaban J connectivity index is 0.00000144. The zero-order chi connectivity index (χ0) is 11.5. The topological polar surface area (TPSA) is 36.8 Å². The monoisotopic (exact) mass is 263 g/mol. The van der Waals surface area contributed by atoms with Crippen LogP contribution in [0.5, 0.6) is 0 Å². The van der Waals surface area contributed by atoms with E-state index in [4.69, 9.17) is 0 Å². The molecule has 1 heterocycles. The lowest BCUT2D eigenvalue weighted by Gasteiger charge is -2.25. The van der Waals surface area contributed by atoms with Crippen LogP contribution < -0.4 is 17.7 Å². The van der Waals surface area contributed by atoms with E-state index in [0.717, 1.165) is 32.0 Å². The molecule has 0 spiro atoms. The molecular formula is C12H16ClF2NO. The summed E-state index contributed by atoms with van der Waals surface area (Å²) in [6.45, 7) is 1.94. The summed E-state index contributed by atoms with van der Waals surface area (Å²) in [6.07, 6.45) is 1.03. The van der Waals surface area contributed by atoms with E-state index in [2.05, 4.69) is 5.32 Å². The second-order valence-electron chi connectivity index (χ2n) is 4.35. The summed E-state index contributed by atoms with van der Waals surface area (Å²) < 4.78 is 26.0. The molecule has 3 N–H and O–H groups in total. The SMILES string of the molecule is OC(c1cc(F)cc(F)c1)C1CC[NH2+]CC1.[Cl-]. The number of hydrogen-bond donors (Lipinski definition) is 2. The molecule has 0 saturated carbocycles. The number of benzene rings is 1. The summed E-state index contributed by atoms with van der Waals surface area (Å²) in [7, 11) is 0. The molecule has 1 unspecified atom stereocenters. The van der Waals surface area contributed by atoms with Gasteiger partial charge in [-0.25, -0.2) is 8.78 Å². The third-order valence-corrected chi connectivity index (χ3v) is 3.16. The van der Waals surface area contributed by atoms with Crippen LogP contribution in [0.4, 0.5) is 8.78 Å². The summed E-state index contributed by atoms with van der Waals surface area (Å²) in [5.41, 5.74) is 0.351. The summed E-state index contributed by atoms with van der Waals surface area (Å²) in [6, 6.07) is 3.25. The molecule has 1 saturated heterocycles. The first kappa shape index (κ1) is 14.4. The highest BCUT2D eigenvalue weighted by atomic mass is 35.5. The lowest BCUT2D eigenvalue weighted by atomic mass is 9.88. The molecule has 1 atom stereocenters. The van der Waals surface area contributed by atoms with Crippen LogP contribution in [0.3, 0.4) is 0 Å². The van der Waals surface area contributed by atoms with Gasteiger partial charge < -0.3 is 22.8 Å². The van der Waals surface area contributed by atoms with Crippen LogP contribution in [0.1, 0.15) is 24.5 Å². The minimum absolute atomic E-state index is 0. The first-order valence-electron chi connectivity index (χ1n) is 5.62. The van der Waals surface area contributed by atoms with Gasteiger partial charge in [0.15, 0.2) is 0 Å². The molecule has 0 bridgehead atoms. The highest BCUT2D eigenvalue weighted by molar-refractivity contribution is 5.20. The maximum Gasteiger partial charge on any atom is 0.126 e. The molecular weight excluding hydrogens is 248 g/mol. The van der Waals surface area contributed by atoms with Crippen molar-refractivity contribution in [3.63, 3.8) is 0 Å². The van der Waals surface area contributed by atoms with E-state index in [1.54, 1.807) is 0 Å². The fourth-order valence-corrected chi connectivity index (χ4v) is 2.29. The van der Waals surface area contributed by atoms with E-state index >= 15 is 0 Å². The quantitative estimate of drug-likeness (QED) is 0.635. The van der Waals surface area contributed by atoms with Crippen molar-refractivity contribution in [2.75, 3.05) is 13.1 Å². The van der Waals surface area contributed by atoms with Gasteiger partial charge in [-0.3, -0.25) is 0 Å². The van der Waals surface area contributed by atoms with E-state index < -0.39 is 17.7 Å². The normalized spacial score (nSPS) is 18.5. The van der Waals surface area contributed by atoms with Crippen molar-refractivity contribution in [1.82, 2.24) is 0 Å². The van der Waals surface area contributed by atoms with E-state index in [9.17, 15) is 13.9 Å². The van der Waals surface area contributed by atoms with Gasteiger partial charge in [0.05, 0.1) is 19.2 Å². The largest absolute Gasteiger partial charge is 1.00 e. The van der Waals surface area contributed by atoms with Crippen molar-refractivity contribution in [1.29, 1.82) is 0 Å². The Hall–Kier alpha value is -0.710. The fourth-order valence-electron chi connectivity index (χ4n) is 2.29. The molecule has 17 heavy (non-hydrogen) atoms. The molecule has 1 aliphatic heterocycles. The molecule has 0 radical (unpaired) electrons. The highest BCUT2D eigenvalue weighted by Crippen LogP contribution is 2.28. The summed E-state index contributed by atoms with van der Waals surface area (Å²) >= 11 is 0. The Kier molecular flexibility index (Phi) is 5.31. The summed E-state index contributed by atoms with van der Waals surface area (Å²) in [5, 5.41) is 12.2. The number of nitrogens with two attached hydrogens (primary N) is 1. The van der Waals surface area contributed by atoms with Crippen LogP contribution >= 0.6 is 0 Å². The maximum atomic E-state index is 13.0. The van der Waals surface area contributed by atoms with Gasteiger partial charge in [0.1, 0.15) is 11.6 Å². The zero-order valence-electron chi connectivity index (χ0n) is 9.37. The molecule has 96 valence electrons. The molecule has 1 fully saturated rings. The summed E-state index contributed by atoms with van der Waals surface area (Å²) in [4.78, 5) is 0. The molecule has 0 aromatic heterocycles. The third kappa shape index (κ3) is 3.63. The average Bonchev–Trinajstić information content (AvgIpc) is 2.28. The molecule has 5 heteroatoms. The van der Waals surface area contributed by atoms with Crippen LogP contribution in [0.15, 0.2) is 18.2 Å². The Morgan fingerprint density at radius 2 is 1.65 bits per heavy atom. The molecule has 2 rings (SSSR count). The number of aliphatic hydroxyl groups excluding tert-OH is 1. The Bertz CT molecular complexity index is 349. The molecule has 1 aromatic rings. The lowest BCUT2D eigenvalue weighted by molar-refractivity contribution is -0.665. The van der Waals surface area contributed by atoms with E-state index in [-0.39, 0.29) is 18.3 Å². The van der Waals surface area contributed by atoms with E-state index in [1.807, 2.05) is 0 Å². The number of rotatable bonds is 2. The number of piperidine rings is 1. The predicted molar refractivity (Wildman–Crippen MR) is 55.7 cm³/mol. The van der Waals surface area contributed by atoms with Crippen LogP contribution in [-0.2, 0) is 0 Å². The standard InChI is InChI=1S/C12H15F2NO.ClH/c13-10-5-9(6-11(14)7-10)12(16)8-1-3-15-4-2-8;/h5-8,12,15-16H,1-4H2;1H. The predicted octanol–water partition coefficient (Wildman–Crippen LogP) is -2.02. The average molecular weight is 264 g/mol. The number of quaternary nitrogens is 1. The third-order valence-electron chi connectivity index (χ3n) is 3.16. The van der Waals surface area contributed by atoms with Crippen LogP contribution in [0, 0.1) is 17.6 Å². The van der Waals surface area contributed by atoms with Gasteiger partial charge in [0.25, 0.3) is 0 Å². The second kappa shape index (κ2) is 6.28. The van der Waals surface area contributed by atoms with Gasteiger partial charge >= 0.3 is 0 Å². The van der Waals surface area contributed by atoms with Crippen molar-refractivity contribution in [2.45, 2.75) is 18.9 Å². The van der Waals surface area contributed by atoms with E-state index in [0.29, 0.717) is 5.56 Å². The molecule has 1 aromatic carbocycles. The van der Waals surface area contributed by atoms with Crippen LogP contribution in [-0.4, -0.2) is 18.2 Å². The van der Waals surface area contributed by atoms with Crippen molar-refractivity contribution >= 4 is 0 Å². The minimum atomic E-state index is -0.751. The van der Waals surface area contributed by atoms with Crippen LogP contribution in [0.2, 0.25) is 0 Å². The number of hydrogen-bond acceptors (Lipinski definition) is 1. The number of halogens is 3. The Labute approximate surface area is 105 Å². The van der Waals surface area contributed by atoms with Gasteiger partial charge in [-0.15, -0.1) is 0 Å². The molecule has 0 amide bonds. The smallest absolute Gasteiger partial charge is 0.126 e. The lowest BCUT2D eigenvalue weighted by Crippen LogP contribution is -3.00. The molecule has 0 aliphatic carbocycles. The second-order valence-corrected chi connectivity index (χ2v) is 4.35. The Morgan fingerprint density at radius 3 is 2.18 bits per heavy atom. The van der Waals surface area contributed by atoms with Gasteiger partial charge in [0.2, 0.25) is 0 Å². The van der Waals surface area contributed by atoms with Gasteiger partial charge in [-0.1, -0.05) is 0 Å². The van der Waals surface area contributed by atoms with Crippen molar-refractivity contribution in [3.05, 3.63) is 35.4 Å². The first-order valence-corrected chi connectivity index (χ1v) is 5.62. The molecule has 1 aliphatic rings. The van der Waals surface area contributed by atoms with Crippen LogP contribution in [0.25, 0.3) is 0 Å². The van der Waals surface area contributed by atoms with Crippen molar-refractivity contribution < 1.29 is 31.6 Å². The minimum Gasteiger partial charge on any atom is -1.00 e. The van der Waals surface area contributed by atoms with E-state index in [1.165, 1.54) is 12.1 Å². The van der Waals surface area contributed by atoms with Gasteiger partial charge in [-0.2, -0.15) is 0 Å². The number of aliphatic hydroxyl groups is 1. The Morgan fingerprint density at radius 1 is 1.12 bits per heavy atom. The van der Waals surface area contributed by atoms with Crippen molar-refractivity contribution in [2.24, 2.45) is 5.92 Å².